The fourth-order valence-electron chi connectivity index (χ4n) is 8.54. The van der Waals surface area contributed by atoms with Gasteiger partial charge in [0.2, 0.25) is 0 Å². The Balaban J connectivity index is 1.33. The second kappa shape index (κ2) is 14.1. The topological polar surface area (TPSA) is 62.3 Å². The average molecular weight is 744 g/mol. The van der Waals surface area contributed by atoms with E-state index in [4.69, 9.17) is 9.97 Å². The van der Waals surface area contributed by atoms with E-state index in [1.165, 1.54) is 5.56 Å². The number of H-pyrrole nitrogens is 2. The molecule has 4 aromatic heterocycles. The van der Waals surface area contributed by atoms with Crippen molar-refractivity contribution in [3.8, 4) is 67.0 Å². The second-order valence-corrected chi connectivity index (χ2v) is 14.8. The fraction of sp³-hybridized carbons (Fsp3) is 0.0189. The highest BCUT2D eigenvalue weighted by molar-refractivity contribution is 6.05. The number of nitrogens with one attached hydrogen (secondary N) is 2. The van der Waals surface area contributed by atoms with Gasteiger partial charge in [-0.25, -0.2) is 9.97 Å². The molecule has 0 aliphatic carbocycles. The van der Waals surface area contributed by atoms with Crippen molar-refractivity contribution in [2.24, 2.45) is 0 Å². The van der Waals surface area contributed by atoms with E-state index in [1.54, 1.807) is 0 Å². The van der Waals surface area contributed by atoms with Gasteiger partial charge < -0.3 is 14.5 Å². The molecule has 58 heavy (non-hydrogen) atoms. The van der Waals surface area contributed by atoms with Gasteiger partial charge in [-0.15, -0.1) is 0 Å². The SMILES string of the molecule is C1=Cc2nc1c(-c1ccccc1)c1ccc([nH]1)c(-c1ccccc1)c1nc(c(-c3ccccc3)c3ccc([nH]3)c2-c2ccccc2)-c2cn(Cc3ccccc3)cc2-1. The molecule has 0 amide bonds. The third kappa shape index (κ3) is 5.89. The Kier molecular flexibility index (Phi) is 8.14. The highest BCUT2D eigenvalue weighted by Gasteiger charge is 2.27. The fourth-order valence-corrected chi connectivity index (χ4v) is 8.54. The van der Waals surface area contributed by atoms with Crippen LogP contribution in [0.2, 0.25) is 0 Å². The number of hydrogen-bond acceptors (Lipinski definition) is 2. The minimum absolute atomic E-state index is 0.744. The Hall–Kier alpha value is -7.76. The Morgan fingerprint density at radius 1 is 0.362 bits per heavy atom. The summed E-state index contributed by atoms with van der Waals surface area (Å²) in [5.74, 6) is 0. The van der Waals surface area contributed by atoms with Crippen molar-refractivity contribution < 1.29 is 0 Å². The number of benzene rings is 5. The summed E-state index contributed by atoms with van der Waals surface area (Å²) < 4.78 is 2.30. The maximum absolute atomic E-state index is 5.72. The van der Waals surface area contributed by atoms with Gasteiger partial charge >= 0.3 is 0 Å². The summed E-state index contributed by atoms with van der Waals surface area (Å²) in [6.07, 6.45) is 8.84. The molecule has 2 aliphatic rings. The Bertz CT molecular complexity index is 2970. The van der Waals surface area contributed by atoms with Crippen molar-refractivity contribution in [2.75, 3.05) is 0 Å². The normalized spacial score (nSPS) is 11.8. The maximum atomic E-state index is 5.72. The summed E-state index contributed by atoms with van der Waals surface area (Å²) >= 11 is 0. The van der Waals surface area contributed by atoms with Gasteiger partial charge in [0.05, 0.1) is 22.8 Å². The van der Waals surface area contributed by atoms with Crippen LogP contribution in [0.5, 0.6) is 0 Å². The van der Waals surface area contributed by atoms with Gasteiger partial charge in [-0.1, -0.05) is 152 Å². The Morgan fingerprint density at radius 2 is 0.707 bits per heavy atom. The summed E-state index contributed by atoms with van der Waals surface area (Å²) in [5.41, 5.74) is 19.5. The molecule has 2 N–H and O–H groups in total. The van der Waals surface area contributed by atoms with Gasteiger partial charge in [0.15, 0.2) is 0 Å². The predicted octanol–water partition coefficient (Wildman–Crippen LogP) is 13.3. The molecule has 9 aromatic rings. The van der Waals surface area contributed by atoms with Crippen LogP contribution in [0.3, 0.4) is 0 Å². The molecule has 0 saturated heterocycles. The lowest BCUT2D eigenvalue weighted by molar-refractivity contribution is 0.806. The minimum Gasteiger partial charge on any atom is -0.354 e. The molecule has 0 saturated carbocycles. The molecule has 5 heteroatoms. The van der Waals surface area contributed by atoms with E-state index in [2.05, 4.69) is 215 Å². The molecule has 2 aliphatic heterocycles. The third-order valence-electron chi connectivity index (χ3n) is 11.1. The first-order valence-corrected chi connectivity index (χ1v) is 19.7. The van der Waals surface area contributed by atoms with E-state index in [1.807, 2.05) is 0 Å². The van der Waals surface area contributed by atoms with Gasteiger partial charge in [0.1, 0.15) is 0 Å². The lowest BCUT2D eigenvalue weighted by Crippen LogP contribution is -1.96. The summed E-state index contributed by atoms with van der Waals surface area (Å²) in [4.78, 5) is 19.0. The predicted molar refractivity (Wildman–Crippen MR) is 240 cm³/mol. The van der Waals surface area contributed by atoms with E-state index < -0.39 is 0 Å². The summed E-state index contributed by atoms with van der Waals surface area (Å²) in [6.45, 7) is 0.744. The van der Waals surface area contributed by atoms with Crippen LogP contribution in [0, 0.1) is 0 Å². The van der Waals surface area contributed by atoms with E-state index in [0.29, 0.717) is 0 Å². The lowest BCUT2D eigenvalue weighted by atomic mass is 9.98. The van der Waals surface area contributed by atoms with E-state index >= 15 is 0 Å². The van der Waals surface area contributed by atoms with Crippen LogP contribution in [-0.2, 0) is 6.54 Å². The first-order chi connectivity index (χ1) is 28.7. The average Bonchev–Trinajstić information content (AvgIpc) is 4.14. The highest BCUT2D eigenvalue weighted by atomic mass is 15.0. The largest absolute Gasteiger partial charge is 0.354 e. The second-order valence-electron chi connectivity index (χ2n) is 14.8. The number of aromatic nitrogens is 5. The van der Waals surface area contributed by atoms with Gasteiger partial charge in [0.25, 0.3) is 0 Å². The molecule has 274 valence electrons. The summed E-state index contributed by atoms with van der Waals surface area (Å²) in [5, 5.41) is 0. The molecule has 5 nitrogen and oxygen atoms in total. The Labute approximate surface area is 336 Å². The zero-order valence-corrected chi connectivity index (χ0v) is 31.6. The van der Waals surface area contributed by atoms with Crippen molar-refractivity contribution >= 4 is 34.2 Å². The molecule has 0 unspecified atom stereocenters. The van der Waals surface area contributed by atoms with E-state index in [9.17, 15) is 0 Å². The highest BCUT2D eigenvalue weighted by Crippen LogP contribution is 2.47. The van der Waals surface area contributed by atoms with Crippen molar-refractivity contribution in [1.82, 2.24) is 24.5 Å². The van der Waals surface area contributed by atoms with Crippen LogP contribution in [0.25, 0.3) is 101 Å². The summed E-state index contributed by atoms with van der Waals surface area (Å²) in [7, 11) is 0. The smallest absolute Gasteiger partial charge is 0.0831 e. The number of fused-ring (bicyclic) bond motifs is 11. The molecule has 8 bridgehead atoms. The molecular weight excluding hydrogens is 707 g/mol. The molecule has 0 radical (unpaired) electrons. The van der Waals surface area contributed by atoms with Gasteiger partial charge in [-0.2, -0.15) is 0 Å². The minimum atomic E-state index is 0.744. The molecule has 6 heterocycles. The first-order valence-electron chi connectivity index (χ1n) is 19.7. The maximum Gasteiger partial charge on any atom is 0.0831 e. The van der Waals surface area contributed by atoms with E-state index in [-0.39, 0.29) is 0 Å². The van der Waals surface area contributed by atoms with Crippen molar-refractivity contribution in [2.45, 2.75) is 6.54 Å². The van der Waals surface area contributed by atoms with Crippen LogP contribution in [0.1, 0.15) is 17.0 Å². The van der Waals surface area contributed by atoms with Crippen LogP contribution in [-0.4, -0.2) is 24.5 Å². The third-order valence-corrected chi connectivity index (χ3v) is 11.1. The van der Waals surface area contributed by atoms with Gasteiger partial charge in [0, 0.05) is 74.4 Å². The van der Waals surface area contributed by atoms with Gasteiger partial charge in [-0.3, -0.25) is 0 Å². The standard InChI is InChI=1S/C53H37N5/c1-6-16-35(17-7-1)32-58-33-40-41(34-58)53-51(39-24-14-5-15-25-39)47-31-29-45(56-47)49(37-20-10-3-11-21-37)43-27-26-42(54-43)48(36-18-8-2-9-19-36)44-28-30-46(55-44)50(52(40)57-53)38-22-12-4-13-23-38/h1-31,33-34,55-56H,32H2. The van der Waals surface area contributed by atoms with Crippen LogP contribution in [0.15, 0.2) is 188 Å². The number of nitrogens with zero attached hydrogens (tertiary/aromatic N) is 3. The number of hydrogen-bond donors (Lipinski definition) is 2. The van der Waals surface area contributed by atoms with E-state index in [0.717, 1.165) is 107 Å². The monoisotopic (exact) mass is 743 g/mol. The zero-order valence-electron chi connectivity index (χ0n) is 31.6. The molecule has 0 fully saturated rings. The van der Waals surface area contributed by atoms with Crippen molar-refractivity contribution in [3.63, 3.8) is 0 Å². The molecule has 0 spiro atoms. The van der Waals surface area contributed by atoms with Crippen molar-refractivity contribution in [3.05, 3.63) is 205 Å². The quantitative estimate of drug-likeness (QED) is 0.178. The molecule has 11 rings (SSSR count). The van der Waals surface area contributed by atoms with Gasteiger partial charge in [-0.05, 0) is 64.2 Å². The van der Waals surface area contributed by atoms with Crippen LogP contribution < -0.4 is 0 Å². The lowest BCUT2D eigenvalue weighted by Gasteiger charge is -2.08. The van der Waals surface area contributed by atoms with Crippen LogP contribution >= 0.6 is 0 Å². The number of aromatic amines is 2. The van der Waals surface area contributed by atoms with Crippen molar-refractivity contribution in [1.29, 1.82) is 0 Å². The summed E-state index contributed by atoms with van der Waals surface area (Å²) in [6, 6.07) is 61.8. The molecule has 5 aromatic carbocycles. The molecule has 0 atom stereocenters. The van der Waals surface area contributed by atoms with Crippen LogP contribution in [0.4, 0.5) is 0 Å². The molecular formula is C53H37N5. The number of rotatable bonds is 6. The Morgan fingerprint density at radius 3 is 1.10 bits per heavy atom. The zero-order chi connectivity index (χ0) is 38.4. The first kappa shape index (κ1) is 33.6.